The Morgan fingerprint density at radius 2 is 1.68 bits per heavy atom. The molecule has 2 fully saturated rings. The van der Waals surface area contributed by atoms with Crippen LogP contribution in [0.3, 0.4) is 0 Å². The number of aromatic hydroxyl groups is 1. The number of benzene rings is 1. The Hall–Kier alpha value is -1.66. The zero-order chi connectivity index (χ0) is 18.0. The van der Waals surface area contributed by atoms with Gasteiger partial charge in [0.15, 0.2) is 0 Å². The van der Waals surface area contributed by atoms with Crippen LogP contribution in [0.5, 0.6) is 5.75 Å². The Labute approximate surface area is 156 Å². The summed E-state index contributed by atoms with van der Waals surface area (Å²) in [5.41, 5.74) is 0.0580. The Bertz CT molecular complexity index is 671. The summed E-state index contributed by atoms with van der Waals surface area (Å²) in [6.07, 6.45) is 4.63. The van der Waals surface area contributed by atoms with E-state index in [1.165, 1.54) is 18.6 Å². The zero-order valence-corrected chi connectivity index (χ0v) is 15.2. The van der Waals surface area contributed by atoms with Gasteiger partial charge >= 0.3 is 6.03 Å². The van der Waals surface area contributed by atoms with Crippen molar-refractivity contribution in [2.45, 2.75) is 44.2 Å². The van der Waals surface area contributed by atoms with E-state index >= 15 is 0 Å². The quantitative estimate of drug-likeness (QED) is 0.747. The molecule has 0 atom stereocenters. The molecule has 1 aliphatic heterocycles. The molecule has 2 aliphatic rings. The molecule has 136 valence electrons. The van der Waals surface area contributed by atoms with Crippen LogP contribution in [0.2, 0.25) is 10.0 Å². The summed E-state index contributed by atoms with van der Waals surface area (Å²) in [5.74, 6) is -0.694. The van der Waals surface area contributed by atoms with Crippen LogP contribution in [-0.4, -0.2) is 47.1 Å². The van der Waals surface area contributed by atoms with Crippen LogP contribution in [0.4, 0.5) is 4.79 Å². The SMILES string of the molecule is O=C(NC1CCN(C(=O)NC2CCC2)CC1)c1cc(Cl)cc(Cl)c1O. The lowest BCUT2D eigenvalue weighted by atomic mass is 9.93. The van der Waals surface area contributed by atoms with Gasteiger partial charge in [0.05, 0.1) is 10.6 Å². The van der Waals surface area contributed by atoms with Crippen molar-refractivity contribution in [3.63, 3.8) is 0 Å². The first-order valence-electron chi connectivity index (χ1n) is 8.48. The van der Waals surface area contributed by atoms with E-state index in [-0.39, 0.29) is 33.4 Å². The minimum Gasteiger partial charge on any atom is -0.506 e. The molecule has 0 bridgehead atoms. The van der Waals surface area contributed by atoms with E-state index in [0.29, 0.717) is 32.0 Å². The maximum absolute atomic E-state index is 12.4. The zero-order valence-electron chi connectivity index (χ0n) is 13.7. The molecule has 0 aromatic heterocycles. The summed E-state index contributed by atoms with van der Waals surface area (Å²) < 4.78 is 0. The van der Waals surface area contributed by atoms with Gasteiger partial charge in [-0.05, 0) is 44.2 Å². The van der Waals surface area contributed by atoms with E-state index in [2.05, 4.69) is 10.6 Å². The number of hydrogen-bond donors (Lipinski definition) is 3. The normalized spacial score (nSPS) is 18.6. The standard InChI is InChI=1S/C17H21Cl2N3O3/c18-10-8-13(15(23)14(19)9-10)16(24)20-12-4-6-22(7-5-12)17(25)21-11-2-1-3-11/h8-9,11-12,23H,1-7H2,(H,20,24)(H,21,25). The maximum Gasteiger partial charge on any atom is 0.317 e. The Morgan fingerprint density at radius 3 is 2.28 bits per heavy atom. The highest BCUT2D eigenvalue weighted by Gasteiger charge is 2.27. The first-order chi connectivity index (χ1) is 11.9. The van der Waals surface area contributed by atoms with Crippen molar-refractivity contribution < 1.29 is 14.7 Å². The number of rotatable bonds is 3. The fraction of sp³-hybridized carbons (Fsp3) is 0.529. The molecule has 0 unspecified atom stereocenters. The highest BCUT2D eigenvalue weighted by Crippen LogP contribution is 2.31. The second-order valence-corrected chi connectivity index (χ2v) is 7.44. The molecule has 1 saturated heterocycles. The van der Waals surface area contributed by atoms with Crippen LogP contribution in [0.15, 0.2) is 12.1 Å². The Balaban J connectivity index is 1.52. The van der Waals surface area contributed by atoms with E-state index in [0.717, 1.165) is 12.8 Å². The van der Waals surface area contributed by atoms with Gasteiger partial charge in [-0.1, -0.05) is 23.2 Å². The molecule has 3 rings (SSSR count). The lowest BCUT2D eigenvalue weighted by Crippen LogP contribution is -2.52. The van der Waals surface area contributed by atoms with Gasteiger partial charge in [0.1, 0.15) is 5.75 Å². The highest BCUT2D eigenvalue weighted by atomic mass is 35.5. The smallest absolute Gasteiger partial charge is 0.317 e. The van der Waals surface area contributed by atoms with Crippen LogP contribution >= 0.6 is 23.2 Å². The molecule has 3 N–H and O–H groups in total. The van der Waals surface area contributed by atoms with Crippen LogP contribution in [0.25, 0.3) is 0 Å². The molecule has 1 aromatic carbocycles. The van der Waals surface area contributed by atoms with Crippen LogP contribution in [-0.2, 0) is 0 Å². The Morgan fingerprint density at radius 1 is 1.04 bits per heavy atom. The number of carbonyl (C=O) groups is 2. The van der Waals surface area contributed by atoms with Crippen molar-refractivity contribution in [2.24, 2.45) is 0 Å². The number of phenols is 1. The largest absolute Gasteiger partial charge is 0.506 e. The van der Waals surface area contributed by atoms with Gasteiger partial charge in [-0.3, -0.25) is 4.79 Å². The topological polar surface area (TPSA) is 81.7 Å². The number of phenolic OH excluding ortho intramolecular Hbond substituents is 1. The monoisotopic (exact) mass is 385 g/mol. The second kappa shape index (κ2) is 7.70. The minimum absolute atomic E-state index is 0.0197. The van der Waals surface area contributed by atoms with Gasteiger partial charge in [0.2, 0.25) is 0 Å². The number of urea groups is 1. The third-order valence-electron chi connectivity index (χ3n) is 4.82. The third-order valence-corrected chi connectivity index (χ3v) is 5.33. The summed E-state index contributed by atoms with van der Waals surface area (Å²) in [5, 5.41) is 16.2. The molecule has 1 aromatic rings. The van der Waals surface area contributed by atoms with Gasteiger partial charge in [0, 0.05) is 30.2 Å². The van der Waals surface area contributed by atoms with Gasteiger partial charge < -0.3 is 20.6 Å². The molecule has 6 nitrogen and oxygen atoms in total. The molecular formula is C17H21Cl2N3O3. The van der Waals surface area contributed by atoms with E-state index < -0.39 is 5.91 Å². The van der Waals surface area contributed by atoms with Crippen molar-refractivity contribution in [1.82, 2.24) is 15.5 Å². The van der Waals surface area contributed by atoms with Crippen LogP contribution in [0.1, 0.15) is 42.5 Å². The highest BCUT2D eigenvalue weighted by molar-refractivity contribution is 6.36. The average molecular weight is 386 g/mol. The number of amides is 3. The molecule has 25 heavy (non-hydrogen) atoms. The van der Waals surface area contributed by atoms with E-state index in [1.54, 1.807) is 4.90 Å². The van der Waals surface area contributed by atoms with Crippen LogP contribution < -0.4 is 10.6 Å². The fourth-order valence-corrected chi connectivity index (χ4v) is 3.54. The lowest BCUT2D eigenvalue weighted by molar-refractivity contribution is 0.0914. The number of likely N-dealkylation sites (tertiary alicyclic amines) is 1. The number of nitrogens with one attached hydrogen (secondary N) is 2. The second-order valence-electron chi connectivity index (χ2n) is 6.60. The molecule has 1 heterocycles. The van der Waals surface area contributed by atoms with E-state index in [4.69, 9.17) is 23.2 Å². The van der Waals surface area contributed by atoms with Gasteiger partial charge in [-0.25, -0.2) is 4.79 Å². The summed E-state index contributed by atoms with van der Waals surface area (Å²) in [7, 11) is 0. The van der Waals surface area contributed by atoms with Crippen molar-refractivity contribution >= 4 is 35.1 Å². The number of hydrogen-bond acceptors (Lipinski definition) is 3. The van der Waals surface area contributed by atoms with Crippen molar-refractivity contribution in [1.29, 1.82) is 0 Å². The molecule has 3 amide bonds. The van der Waals surface area contributed by atoms with Crippen molar-refractivity contribution in [3.05, 3.63) is 27.7 Å². The average Bonchev–Trinajstić information content (AvgIpc) is 2.54. The minimum atomic E-state index is -0.417. The molecule has 0 radical (unpaired) electrons. The molecule has 8 heteroatoms. The number of piperidine rings is 1. The maximum atomic E-state index is 12.4. The molecule has 1 saturated carbocycles. The number of carbonyl (C=O) groups excluding carboxylic acids is 2. The van der Waals surface area contributed by atoms with E-state index in [1.807, 2.05) is 0 Å². The number of halogens is 2. The Kier molecular flexibility index (Phi) is 5.59. The first-order valence-corrected chi connectivity index (χ1v) is 9.24. The van der Waals surface area contributed by atoms with Crippen LogP contribution in [0, 0.1) is 0 Å². The molecule has 0 spiro atoms. The summed E-state index contributed by atoms with van der Waals surface area (Å²) in [4.78, 5) is 26.3. The first kappa shape index (κ1) is 18.1. The van der Waals surface area contributed by atoms with Gasteiger partial charge in [-0.15, -0.1) is 0 Å². The fourth-order valence-electron chi connectivity index (χ4n) is 3.05. The molecule has 1 aliphatic carbocycles. The molecular weight excluding hydrogens is 365 g/mol. The van der Waals surface area contributed by atoms with Crippen molar-refractivity contribution in [3.8, 4) is 5.75 Å². The predicted octanol–water partition coefficient (Wildman–Crippen LogP) is 3.16. The lowest BCUT2D eigenvalue weighted by Gasteiger charge is -2.35. The van der Waals surface area contributed by atoms with E-state index in [9.17, 15) is 14.7 Å². The summed E-state index contributed by atoms with van der Waals surface area (Å²) >= 11 is 11.7. The van der Waals surface area contributed by atoms with Gasteiger partial charge in [-0.2, -0.15) is 0 Å². The predicted molar refractivity (Wildman–Crippen MR) is 96.4 cm³/mol. The third kappa shape index (κ3) is 4.30. The van der Waals surface area contributed by atoms with Crippen molar-refractivity contribution in [2.75, 3.05) is 13.1 Å². The summed E-state index contributed by atoms with van der Waals surface area (Å²) in [6, 6.07) is 3.01. The number of nitrogens with zero attached hydrogens (tertiary/aromatic N) is 1. The summed E-state index contributed by atoms with van der Waals surface area (Å²) in [6.45, 7) is 1.18. The van der Waals surface area contributed by atoms with Gasteiger partial charge in [0.25, 0.3) is 5.91 Å².